The van der Waals surface area contributed by atoms with E-state index in [1.54, 1.807) is 6.07 Å². The molecule has 0 aromatic heterocycles. The molecule has 25 heavy (non-hydrogen) atoms. The highest BCUT2D eigenvalue weighted by Gasteiger charge is 2.25. The third-order valence-electron chi connectivity index (χ3n) is 4.33. The van der Waals surface area contributed by atoms with Crippen molar-refractivity contribution >= 4 is 23.0 Å². The molecular weight excluding hydrogens is 322 g/mol. The second-order valence-electron chi connectivity index (χ2n) is 5.76. The van der Waals surface area contributed by atoms with Gasteiger partial charge in [-0.2, -0.15) is 0 Å². The molecule has 1 saturated heterocycles. The number of ether oxygens (including phenoxy) is 1. The van der Waals surface area contributed by atoms with E-state index in [1.165, 1.54) is 19.2 Å². The number of nitro benzene ring substituents is 1. The number of rotatable bonds is 4. The van der Waals surface area contributed by atoms with Gasteiger partial charge >= 0.3 is 5.97 Å². The molecule has 130 valence electrons. The first kappa shape index (κ1) is 16.8. The number of anilines is 2. The Morgan fingerprint density at radius 3 is 2.28 bits per heavy atom. The van der Waals surface area contributed by atoms with Crippen LogP contribution in [0.2, 0.25) is 0 Å². The molecule has 7 nitrogen and oxygen atoms in total. The van der Waals surface area contributed by atoms with Crippen molar-refractivity contribution in [1.82, 2.24) is 0 Å². The van der Waals surface area contributed by atoms with Crippen LogP contribution >= 0.6 is 0 Å². The number of carbonyl (C=O) groups excluding carboxylic acids is 1. The monoisotopic (exact) mass is 341 g/mol. The van der Waals surface area contributed by atoms with Gasteiger partial charge in [0.25, 0.3) is 5.69 Å². The second-order valence-corrected chi connectivity index (χ2v) is 5.76. The van der Waals surface area contributed by atoms with Gasteiger partial charge in [-0.15, -0.1) is 0 Å². The summed E-state index contributed by atoms with van der Waals surface area (Å²) >= 11 is 0. The average Bonchev–Trinajstić information content (AvgIpc) is 2.67. The SMILES string of the molecule is COC(=O)c1ccc([N+](=O)[O-])c(N2CCN(c3ccccc3)CC2)c1. The Kier molecular flexibility index (Phi) is 4.83. The summed E-state index contributed by atoms with van der Waals surface area (Å²) in [4.78, 5) is 26.9. The molecule has 0 saturated carbocycles. The molecular formula is C18H19N3O4. The Balaban J connectivity index is 1.82. The van der Waals surface area contributed by atoms with Crippen molar-refractivity contribution in [3.05, 3.63) is 64.2 Å². The molecule has 0 amide bonds. The summed E-state index contributed by atoms with van der Waals surface area (Å²) in [5.74, 6) is -0.501. The highest BCUT2D eigenvalue weighted by atomic mass is 16.6. The van der Waals surface area contributed by atoms with Crippen molar-refractivity contribution in [3.8, 4) is 0 Å². The molecule has 0 N–H and O–H groups in total. The number of nitrogens with zero attached hydrogens (tertiary/aromatic N) is 3. The number of nitro groups is 1. The molecule has 0 unspecified atom stereocenters. The molecule has 3 rings (SSSR count). The summed E-state index contributed by atoms with van der Waals surface area (Å²) < 4.78 is 4.72. The van der Waals surface area contributed by atoms with E-state index in [9.17, 15) is 14.9 Å². The Labute approximate surface area is 145 Å². The number of hydrogen-bond acceptors (Lipinski definition) is 6. The third kappa shape index (κ3) is 3.55. The molecule has 2 aromatic carbocycles. The first-order valence-electron chi connectivity index (χ1n) is 8.02. The maximum atomic E-state index is 11.7. The zero-order valence-corrected chi connectivity index (χ0v) is 13.9. The number of piperazine rings is 1. The summed E-state index contributed by atoms with van der Waals surface area (Å²) in [6.45, 7) is 2.79. The Bertz CT molecular complexity index is 771. The lowest BCUT2D eigenvalue weighted by atomic mass is 10.1. The van der Waals surface area contributed by atoms with E-state index in [2.05, 4.69) is 17.0 Å². The van der Waals surface area contributed by atoms with Gasteiger partial charge in [0.05, 0.1) is 17.6 Å². The van der Waals surface area contributed by atoms with Crippen LogP contribution in [0.3, 0.4) is 0 Å². The van der Waals surface area contributed by atoms with E-state index in [1.807, 2.05) is 23.1 Å². The average molecular weight is 341 g/mol. The van der Waals surface area contributed by atoms with Crippen molar-refractivity contribution in [1.29, 1.82) is 0 Å². The molecule has 0 aliphatic carbocycles. The predicted octanol–water partition coefficient (Wildman–Crippen LogP) is 2.71. The van der Waals surface area contributed by atoms with E-state index in [-0.39, 0.29) is 5.69 Å². The molecule has 2 aromatic rings. The van der Waals surface area contributed by atoms with E-state index < -0.39 is 10.9 Å². The fraction of sp³-hybridized carbons (Fsp3) is 0.278. The van der Waals surface area contributed by atoms with Crippen molar-refractivity contribution in [2.45, 2.75) is 0 Å². The topological polar surface area (TPSA) is 75.9 Å². The second kappa shape index (κ2) is 7.21. The van der Waals surface area contributed by atoms with Gasteiger partial charge in [0, 0.05) is 37.9 Å². The first-order valence-corrected chi connectivity index (χ1v) is 8.02. The van der Waals surface area contributed by atoms with Gasteiger partial charge in [-0.3, -0.25) is 10.1 Å². The van der Waals surface area contributed by atoms with Gasteiger partial charge in [-0.25, -0.2) is 4.79 Å². The minimum absolute atomic E-state index is 0.000754. The van der Waals surface area contributed by atoms with Crippen LogP contribution in [-0.4, -0.2) is 44.2 Å². The number of para-hydroxylation sites is 1. The van der Waals surface area contributed by atoms with Gasteiger partial charge < -0.3 is 14.5 Å². The smallest absolute Gasteiger partial charge is 0.337 e. The fourth-order valence-electron chi connectivity index (χ4n) is 3.02. The van der Waals surface area contributed by atoms with Gasteiger partial charge in [0.15, 0.2) is 0 Å². The maximum Gasteiger partial charge on any atom is 0.337 e. The van der Waals surface area contributed by atoms with E-state index in [0.29, 0.717) is 24.3 Å². The van der Waals surface area contributed by atoms with Crippen LogP contribution < -0.4 is 9.80 Å². The summed E-state index contributed by atoms with van der Waals surface area (Å²) in [6.07, 6.45) is 0. The summed E-state index contributed by atoms with van der Waals surface area (Å²) in [6, 6.07) is 14.4. The Morgan fingerprint density at radius 2 is 1.68 bits per heavy atom. The summed E-state index contributed by atoms with van der Waals surface area (Å²) in [7, 11) is 1.29. The lowest BCUT2D eigenvalue weighted by Crippen LogP contribution is -2.46. The van der Waals surface area contributed by atoms with Crippen molar-refractivity contribution in [3.63, 3.8) is 0 Å². The van der Waals surface area contributed by atoms with Crippen LogP contribution in [0.4, 0.5) is 17.1 Å². The van der Waals surface area contributed by atoms with Crippen LogP contribution in [0.15, 0.2) is 48.5 Å². The lowest BCUT2D eigenvalue weighted by Gasteiger charge is -2.37. The molecule has 1 heterocycles. The van der Waals surface area contributed by atoms with Crippen molar-refractivity contribution in [2.75, 3.05) is 43.1 Å². The van der Waals surface area contributed by atoms with E-state index >= 15 is 0 Å². The molecule has 0 bridgehead atoms. The molecule has 0 atom stereocenters. The molecule has 1 aliphatic heterocycles. The lowest BCUT2D eigenvalue weighted by molar-refractivity contribution is -0.384. The van der Waals surface area contributed by atoms with E-state index in [4.69, 9.17) is 4.74 Å². The van der Waals surface area contributed by atoms with Gasteiger partial charge in [0.2, 0.25) is 0 Å². The zero-order valence-electron chi connectivity index (χ0n) is 13.9. The molecule has 0 radical (unpaired) electrons. The standard InChI is InChI=1S/C18H19N3O4/c1-25-18(22)14-7-8-16(21(23)24)17(13-14)20-11-9-19(10-12-20)15-5-3-2-4-6-15/h2-8,13H,9-12H2,1H3. The largest absolute Gasteiger partial charge is 0.465 e. The van der Waals surface area contributed by atoms with Gasteiger partial charge in [0.1, 0.15) is 5.69 Å². The van der Waals surface area contributed by atoms with Gasteiger partial charge in [-0.05, 0) is 24.3 Å². The highest BCUT2D eigenvalue weighted by Crippen LogP contribution is 2.31. The number of carbonyl (C=O) groups is 1. The Hall–Kier alpha value is -3.09. The van der Waals surface area contributed by atoms with Crippen LogP contribution in [0, 0.1) is 10.1 Å². The quantitative estimate of drug-likeness (QED) is 0.483. The summed E-state index contributed by atoms with van der Waals surface area (Å²) in [5.41, 5.74) is 1.91. The predicted molar refractivity (Wildman–Crippen MR) is 95.3 cm³/mol. The molecule has 7 heteroatoms. The zero-order chi connectivity index (χ0) is 17.8. The first-order chi connectivity index (χ1) is 12.1. The van der Waals surface area contributed by atoms with Crippen molar-refractivity contribution in [2.24, 2.45) is 0 Å². The van der Waals surface area contributed by atoms with Crippen LogP contribution in [0.25, 0.3) is 0 Å². The number of benzene rings is 2. The maximum absolute atomic E-state index is 11.7. The normalized spacial score (nSPS) is 14.3. The minimum atomic E-state index is -0.501. The molecule has 1 aliphatic rings. The van der Waals surface area contributed by atoms with Crippen molar-refractivity contribution < 1.29 is 14.5 Å². The number of methoxy groups -OCH3 is 1. The third-order valence-corrected chi connectivity index (χ3v) is 4.33. The number of esters is 1. The van der Waals surface area contributed by atoms with E-state index in [0.717, 1.165) is 18.8 Å². The highest BCUT2D eigenvalue weighted by molar-refractivity contribution is 5.91. The summed E-state index contributed by atoms with van der Waals surface area (Å²) in [5, 5.41) is 11.4. The molecule has 0 spiro atoms. The van der Waals surface area contributed by atoms with Crippen LogP contribution in [-0.2, 0) is 4.74 Å². The van der Waals surface area contributed by atoms with Crippen LogP contribution in [0.1, 0.15) is 10.4 Å². The fourth-order valence-corrected chi connectivity index (χ4v) is 3.02. The van der Waals surface area contributed by atoms with Crippen LogP contribution in [0.5, 0.6) is 0 Å². The van der Waals surface area contributed by atoms with Gasteiger partial charge in [-0.1, -0.05) is 18.2 Å². The minimum Gasteiger partial charge on any atom is -0.465 e. The molecule has 1 fully saturated rings. The number of hydrogen-bond donors (Lipinski definition) is 0. The Morgan fingerprint density at radius 1 is 1.04 bits per heavy atom.